The van der Waals surface area contributed by atoms with E-state index in [0.717, 1.165) is 17.2 Å². The molecule has 0 bridgehead atoms. The number of rotatable bonds is 2. The third kappa shape index (κ3) is 3.29. The molecule has 1 N–H and O–H groups in total. The molecule has 0 amide bonds. The minimum Gasteiger partial charge on any atom is -0.382 e. The predicted octanol–water partition coefficient (Wildman–Crippen LogP) is 4.29. The summed E-state index contributed by atoms with van der Waals surface area (Å²) in [6.07, 6.45) is 9.26. The maximum atomic E-state index is 5.44. The largest absolute Gasteiger partial charge is 0.382 e. The zero-order valence-electron chi connectivity index (χ0n) is 11.7. The summed E-state index contributed by atoms with van der Waals surface area (Å²) in [4.78, 5) is 0. The topological polar surface area (TPSA) is 12.0 Å². The Morgan fingerprint density at radius 3 is 2.78 bits per heavy atom. The van der Waals surface area contributed by atoms with Gasteiger partial charge >= 0.3 is 0 Å². The molecule has 0 radical (unpaired) electrons. The maximum Gasteiger partial charge on any atom is 0.0354 e. The lowest BCUT2D eigenvalue weighted by Gasteiger charge is -2.39. The van der Waals surface area contributed by atoms with E-state index in [1.807, 2.05) is 12.1 Å². The van der Waals surface area contributed by atoms with Crippen molar-refractivity contribution in [1.29, 1.82) is 0 Å². The van der Waals surface area contributed by atoms with Crippen molar-refractivity contribution in [2.75, 3.05) is 5.32 Å². The first kappa shape index (κ1) is 13.0. The second-order valence-electron chi connectivity index (χ2n) is 6.48. The summed E-state index contributed by atoms with van der Waals surface area (Å²) in [6, 6.07) is 8.73. The molecule has 1 heteroatoms. The van der Waals surface area contributed by atoms with Gasteiger partial charge in [0.2, 0.25) is 0 Å². The number of hydrogen-bond donors (Lipinski definition) is 1. The summed E-state index contributed by atoms with van der Waals surface area (Å²) >= 11 is 0. The first-order valence-corrected chi connectivity index (χ1v) is 6.82. The molecule has 1 aliphatic carbocycles. The molecule has 0 heterocycles. The van der Waals surface area contributed by atoms with E-state index in [0.29, 0.717) is 11.5 Å². The molecule has 2 atom stereocenters. The molecule has 0 aromatic heterocycles. The number of benzene rings is 1. The van der Waals surface area contributed by atoms with Gasteiger partial charge in [-0.1, -0.05) is 32.8 Å². The number of hydrogen-bond acceptors (Lipinski definition) is 1. The van der Waals surface area contributed by atoms with E-state index in [9.17, 15) is 0 Å². The molecule has 1 saturated carbocycles. The van der Waals surface area contributed by atoms with E-state index in [2.05, 4.69) is 44.1 Å². The van der Waals surface area contributed by atoms with Crippen LogP contribution in [-0.2, 0) is 0 Å². The molecule has 1 fully saturated rings. The van der Waals surface area contributed by atoms with Gasteiger partial charge in [-0.25, -0.2) is 0 Å². The van der Waals surface area contributed by atoms with Crippen LogP contribution in [0.15, 0.2) is 24.3 Å². The standard InChI is InChI=1S/C17H23N/c1-5-14-7-6-8-15(10-14)18-16-9-13(2)11-17(3,4)12-16/h1,6-8,10,13,16,18H,9,11-12H2,2-4H3. The Morgan fingerprint density at radius 1 is 1.33 bits per heavy atom. The fourth-order valence-corrected chi connectivity index (χ4v) is 3.39. The lowest BCUT2D eigenvalue weighted by Crippen LogP contribution is -2.35. The Balaban J connectivity index is 2.07. The lowest BCUT2D eigenvalue weighted by molar-refractivity contribution is 0.178. The maximum absolute atomic E-state index is 5.44. The van der Waals surface area contributed by atoms with Crippen LogP contribution in [0.5, 0.6) is 0 Å². The zero-order valence-corrected chi connectivity index (χ0v) is 11.7. The van der Waals surface area contributed by atoms with Crippen LogP contribution in [-0.4, -0.2) is 6.04 Å². The summed E-state index contributed by atoms with van der Waals surface area (Å²) in [5.74, 6) is 3.48. The van der Waals surface area contributed by atoms with Gasteiger partial charge in [0.05, 0.1) is 0 Å². The van der Waals surface area contributed by atoms with Crippen LogP contribution >= 0.6 is 0 Å². The van der Waals surface area contributed by atoms with Crippen molar-refractivity contribution < 1.29 is 0 Å². The van der Waals surface area contributed by atoms with Gasteiger partial charge in [-0.3, -0.25) is 0 Å². The molecule has 2 rings (SSSR count). The summed E-state index contributed by atoms with van der Waals surface area (Å²) < 4.78 is 0. The van der Waals surface area contributed by atoms with Crippen LogP contribution in [0, 0.1) is 23.7 Å². The van der Waals surface area contributed by atoms with Gasteiger partial charge in [-0.2, -0.15) is 0 Å². The first-order chi connectivity index (χ1) is 8.48. The van der Waals surface area contributed by atoms with E-state index in [1.165, 1.54) is 19.3 Å². The van der Waals surface area contributed by atoms with Crippen LogP contribution in [0.3, 0.4) is 0 Å². The molecule has 0 saturated heterocycles. The minimum absolute atomic E-state index is 0.444. The highest BCUT2D eigenvalue weighted by Crippen LogP contribution is 2.39. The molecule has 1 nitrogen and oxygen atoms in total. The SMILES string of the molecule is C#Cc1cccc(NC2CC(C)CC(C)(C)C2)c1. The van der Waals surface area contributed by atoms with E-state index in [-0.39, 0.29) is 0 Å². The Kier molecular flexibility index (Phi) is 3.66. The highest BCUT2D eigenvalue weighted by atomic mass is 14.9. The van der Waals surface area contributed by atoms with E-state index >= 15 is 0 Å². The highest BCUT2D eigenvalue weighted by Gasteiger charge is 2.31. The van der Waals surface area contributed by atoms with Gasteiger partial charge in [-0.05, 0) is 48.8 Å². The van der Waals surface area contributed by atoms with Crippen molar-refractivity contribution in [2.24, 2.45) is 11.3 Å². The number of anilines is 1. The van der Waals surface area contributed by atoms with Crippen LogP contribution in [0.2, 0.25) is 0 Å². The van der Waals surface area contributed by atoms with Crippen molar-refractivity contribution in [3.63, 3.8) is 0 Å². The highest BCUT2D eigenvalue weighted by molar-refractivity contribution is 5.50. The zero-order chi connectivity index (χ0) is 13.2. The van der Waals surface area contributed by atoms with Gasteiger partial charge in [0, 0.05) is 17.3 Å². The van der Waals surface area contributed by atoms with Crippen LogP contribution in [0.25, 0.3) is 0 Å². The molecular formula is C17H23N. The van der Waals surface area contributed by atoms with Crippen LogP contribution in [0.4, 0.5) is 5.69 Å². The van der Waals surface area contributed by atoms with Crippen molar-refractivity contribution in [3.8, 4) is 12.3 Å². The Morgan fingerprint density at radius 2 is 2.11 bits per heavy atom. The third-order valence-corrected chi connectivity index (χ3v) is 3.79. The third-order valence-electron chi connectivity index (χ3n) is 3.79. The molecule has 2 unspecified atom stereocenters. The Labute approximate surface area is 111 Å². The second kappa shape index (κ2) is 5.06. The van der Waals surface area contributed by atoms with E-state index < -0.39 is 0 Å². The molecule has 18 heavy (non-hydrogen) atoms. The summed E-state index contributed by atoms with van der Waals surface area (Å²) in [7, 11) is 0. The van der Waals surface area contributed by atoms with Gasteiger partial charge < -0.3 is 5.32 Å². The quantitative estimate of drug-likeness (QED) is 0.761. The smallest absolute Gasteiger partial charge is 0.0354 e. The van der Waals surface area contributed by atoms with Gasteiger partial charge in [0.25, 0.3) is 0 Å². The molecule has 1 aliphatic rings. The van der Waals surface area contributed by atoms with Crippen molar-refractivity contribution in [2.45, 2.75) is 46.1 Å². The molecular weight excluding hydrogens is 218 g/mol. The van der Waals surface area contributed by atoms with Crippen molar-refractivity contribution >= 4 is 5.69 Å². The van der Waals surface area contributed by atoms with Gasteiger partial charge in [0.1, 0.15) is 0 Å². The molecule has 0 spiro atoms. The predicted molar refractivity (Wildman–Crippen MR) is 78.6 cm³/mol. The fourth-order valence-electron chi connectivity index (χ4n) is 3.39. The van der Waals surface area contributed by atoms with Gasteiger partial charge in [-0.15, -0.1) is 6.42 Å². The van der Waals surface area contributed by atoms with Crippen molar-refractivity contribution in [1.82, 2.24) is 0 Å². The van der Waals surface area contributed by atoms with Crippen LogP contribution < -0.4 is 5.32 Å². The monoisotopic (exact) mass is 241 g/mol. The average molecular weight is 241 g/mol. The average Bonchev–Trinajstić information content (AvgIpc) is 2.26. The lowest BCUT2D eigenvalue weighted by atomic mass is 9.70. The summed E-state index contributed by atoms with van der Waals surface area (Å²) in [6.45, 7) is 7.10. The molecule has 96 valence electrons. The van der Waals surface area contributed by atoms with E-state index in [4.69, 9.17) is 6.42 Å². The normalized spacial score (nSPS) is 26.3. The number of terminal acetylenes is 1. The molecule has 0 aliphatic heterocycles. The molecule has 1 aromatic carbocycles. The Hall–Kier alpha value is -1.42. The number of nitrogens with one attached hydrogen (secondary N) is 1. The molecule has 1 aromatic rings. The van der Waals surface area contributed by atoms with E-state index in [1.54, 1.807) is 0 Å². The fraction of sp³-hybridized carbons (Fsp3) is 0.529. The second-order valence-corrected chi connectivity index (χ2v) is 6.48. The summed E-state index contributed by atoms with van der Waals surface area (Å²) in [5.41, 5.74) is 2.54. The first-order valence-electron chi connectivity index (χ1n) is 6.82. The van der Waals surface area contributed by atoms with Crippen molar-refractivity contribution in [3.05, 3.63) is 29.8 Å². The van der Waals surface area contributed by atoms with Gasteiger partial charge in [0.15, 0.2) is 0 Å². The summed E-state index contributed by atoms with van der Waals surface area (Å²) in [5, 5.41) is 3.65. The minimum atomic E-state index is 0.444. The Bertz CT molecular complexity index is 453. The van der Waals surface area contributed by atoms with Crippen LogP contribution in [0.1, 0.15) is 45.6 Å².